The summed E-state index contributed by atoms with van der Waals surface area (Å²) in [6, 6.07) is 7.84. The van der Waals surface area contributed by atoms with Crippen molar-refractivity contribution in [2.24, 2.45) is 5.92 Å². The molecule has 24 heavy (non-hydrogen) atoms. The highest BCUT2D eigenvalue weighted by Gasteiger charge is 2.29. The summed E-state index contributed by atoms with van der Waals surface area (Å²) in [4.78, 5) is 23.9. The third kappa shape index (κ3) is 4.73. The van der Waals surface area contributed by atoms with Crippen LogP contribution in [0.25, 0.3) is 0 Å². The van der Waals surface area contributed by atoms with Crippen molar-refractivity contribution in [1.82, 2.24) is 10.6 Å². The smallest absolute Gasteiger partial charge is 0.315 e. The molecule has 2 saturated carbocycles. The molecule has 1 atom stereocenters. The number of anilines is 1. The lowest BCUT2D eigenvalue weighted by molar-refractivity contribution is -0.117. The van der Waals surface area contributed by atoms with Gasteiger partial charge in [-0.05, 0) is 50.3 Å². The van der Waals surface area contributed by atoms with E-state index < -0.39 is 0 Å². The van der Waals surface area contributed by atoms with Crippen molar-refractivity contribution in [2.75, 3.05) is 5.32 Å². The average molecular weight is 329 g/mol. The minimum atomic E-state index is -0.0967. The Hall–Kier alpha value is -2.04. The van der Waals surface area contributed by atoms with Crippen LogP contribution >= 0.6 is 0 Å². The van der Waals surface area contributed by atoms with Gasteiger partial charge in [0, 0.05) is 17.6 Å². The van der Waals surface area contributed by atoms with Gasteiger partial charge in [-0.3, -0.25) is 4.79 Å². The summed E-state index contributed by atoms with van der Waals surface area (Å²) in [5.74, 6) is 0.314. The fraction of sp³-hybridized carbons (Fsp3) is 0.579. The second kappa shape index (κ2) is 7.69. The zero-order valence-electron chi connectivity index (χ0n) is 14.3. The van der Waals surface area contributed by atoms with Crippen molar-refractivity contribution < 1.29 is 9.59 Å². The summed E-state index contributed by atoms with van der Waals surface area (Å²) in [5, 5.41) is 8.99. The molecular formula is C19H27N3O2. The van der Waals surface area contributed by atoms with Gasteiger partial charge in [0.15, 0.2) is 0 Å². The van der Waals surface area contributed by atoms with Crippen LogP contribution < -0.4 is 16.0 Å². The number of amides is 3. The maximum absolute atomic E-state index is 12.1. The Bertz CT molecular complexity index is 575. The van der Waals surface area contributed by atoms with Gasteiger partial charge in [-0.2, -0.15) is 0 Å². The third-order valence-corrected chi connectivity index (χ3v) is 4.91. The molecule has 3 amide bonds. The first-order chi connectivity index (χ1) is 11.6. The second-order valence-corrected chi connectivity index (χ2v) is 7.06. The highest BCUT2D eigenvalue weighted by molar-refractivity contribution is 5.94. The van der Waals surface area contributed by atoms with Crippen LogP contribution in [0.2, 0.25) is 0 Å². The summed E-state index contributed by atoms with van der Waals surface area (Å²) in [7, 11) is 0. The molecule has 0 heterocycles. The maximum atomic E-state index is 12.1. The molecule has 0 aliphatic heterocycles. The van der Waals surface area contributed by atoms with Crippen molar-refractivity contribution in [3.05, 3.63) is 29.8 Å². The van der Waals surface area contributed by atoms with Gasteiger partial charge in [-0.15, -0.1) is 0 Å². The van der Waals surface area contributed by atoms with Crippen molar-refractivity contribution in [1.29, 1.82) is 0 Å². The van der Waals surface area contributed by atoms with Gasteiger partial charge in [0.25, 0.3) is 0 Å². The number of hydrogen-bond donors (Lipinski definition) is 3. The van der Waals surface area contributed by atoms with Crippen molar-refractivity contribution >= 4 is 17.6 Å². The predicted octanol–water partition coefficient (Wildman–Crippen LogP) is 3.73. The summed E-state index contributed by atoms with van der Waals surface area (Å²) in [5.41, 5.74) is 1.84. The molecule has 0 radical (unpaired) electrons. The Balaban J connectivity index is 1.47. The fourth-order valence-electron chi connectivity index (χ4n) is 3.20. The van der Waals surface area contributed by atoms with Gasteiger partial charge in [0.2, 0.25) is 5.91 Å². The van der Waals surface area contributed by atoms with Gasteiger partial charge in [0.05, 0.1) is 6.04 Å². The number of nitrogens with one attached hydrogen (secondary N) is 3. The number of hydrogen-bond acceptors (Lipinski definition) is 2. The molecular weight excluding hydrogens is 302 g/mol. The van der Waals surface area contributed by atoms with Gasteiger partial charge in [-0.25, -0.2) is 4.79 Å². The molecule has 2 fully saturated rings. The molecule has 0 aromatic heterocycles. The zero-order valence-corrected chi connectivity index (χ0v) is 14.3. The Morgan fingerprint density at radius 3 is 2.29 bits per heavy atom. The van der Waals surface area contributed by atoms with E-state index in [1.165, 1.54) is 19.3 Å². The predicted molar refractivity (Wildman–Crippen MR) is 94.8 cm³/mol. The van der Waals surface area contributed by atoms with E-state index in [9.17, 15) is 9.59 Å². The van der Waals surface area contributed by atoms with E-state index in [1.807, 2.05) is 31.2 Å². The largest absolute Gasteiger partial charge is 0.335 e. The van der Waals surface area contributed by atoms with Crippen LogP contribution in [0.15, 0.2) is 24.3 Å². The van der Waals surface area contributed by atoms with Gasteiger partial charge in [0.1, 0.15) is 0 Å². The molecule has 5 heteroatoms. The van der Waals surface area contributed by atoms with E-state index in [2.05, 4.69) is 16.0 Å². The molecule has 0 bridgehead atoms. The Labute approximate surface area is 143 Å². The molecule has 130 valence electrons. The van der Waals surface area contributed by atoms with Crippen LogP contribution in [0.3, 0.4) is 0 Å². The van der Waals surface area contributed by atoms with Crippen LogP contribution in [-0.2, 0) is 4.79 Å². The summed E-state index contributed by atoms with van der Waals surface area (Å²) in [6.07, 6.45) is 7.85. The van der Waals surface area contributed by atoms with Gasteiger partial charge in [-0.1, -0.05) is 31.4 Å². The molecule has 1 aromatic carbocycles. The second-order valence-electron chi connectivity index (χ2n) is 7.06. The van der Waals surface area contributed by atoms with E-state index in [4.69, 9.17) is 0 Å². The van der Waals surface area contributed by atoms with Crippen LogP contribution in [0.4, 0.5) is 10.5 Å². The molecule has 2 aliphatic carbocycles. The lowest BCUT2D eigenvalue weighted by atomic mass is 9.96. The van der Waals surface area contributed by atoms with Crippen molar-refractivity contribution in [3.63, 3.8) is 0 Å². The first-order valence-corrected chi connectivity index (χ1v) is 9.09. The van der Waals surface area contributed by atoms with Crippen molar-refractivity contribution in [2.45, 2.75) is 64.0 Å². The number of carbonyl (C=O) groups excluding carboxylic acids is 2. The van der Waals surface area contributed by atoms with Crippen molar-refractivity contribution in [3.8, 4) is 0 Å². The molecule has 2 aliphatic rings. The minimum absolute atomic E-state index is 0.0678. The highest BCUT2D eigenvalue weighted by atomic mass is 16.2. The first-order valence-electron chi connectivity index (χ1n) is 9.09. The molecule has 5 nitrogen and oxygen atoms in total. The molecule has 0 unspecified atom stereocenters. The molecule has 0 spiro atoms. The van der Waals surface area contributed by atoms with Crippen LogP contribution in [0.5, 0.6) is 0 Å². The molecule has 3 rings (SSSR count). The van der Waals surface area contributed by atoms with Gasteiger partial charge >= 0.3 is 6.03 Å². The lowest BCUT2D eigenvalue weighted by Gasteiger charge is -2.24. The number of urea groups is 1. The zero-order chi connectivity index (χ0) is 16.9. The first kappa shape index (κ1) is 16.8. The topological polar surface area (TPSA) is 70.2 Å². The van der Waals surface area contributed by atoms with Crippen LogP contribution in [-0.4, -0.2) is 18.0 Å². The van der Waals surface area contributed by atoms with Gasteiger partial charge < -0.3 is 16.0 Å². The van der Waals surface area contributed by atoms with E-state index in [-0.39, 0.29) is 23.9 Å². The summed E-state index contributed by atoms with van der Waals surface area (Å²) in [6.45, 7) is 1.97. The summed E-state index contributed by atoms with van der Waals surface area (Å²) >= 11 is 0. The Morgan fingerprint density at radius 1 is 1.00 bits per heavy atom. The van der Waals surface area contributed by atoms with E-state index in [1.54, 1.807) is 0 Å². The SMILES string of the molecule is C[C@@H](NC(=O)NC1CCCCC1)c1ccc(NC(=O)C2CC2)cc1. The van der Waals surface area contributed by atoms with E-state index >= 15 is 0 Å². The molecule has 0 saturated heterocycles. The number of carbonyl (C=O) groups is 2. The summed E-state index contributed by atoms with van der Waals surface area (Å²) < 4.78 is 0. The van der Waals surface area contributed by atoms with Crippen LogP contribution in [0, 0.1) is 5.92 Å². The fourth-order valence-corrected chi connectivity index (χ4v) is 3.20. The maximum Gasteiger partial charge on any atom is 0.315 e. The molecule has 1 aromatic rings. The van der Waals surface area contributed by atoms with E-state index in [0.717, 1.165) is 36.9 Å². The number of benzene rings is 1. The Morgan fingerprint density at radius 2 is 1.67 bits per heavy atom. The average Bonchev–Trinajstić information content (AvgIpc) is 3.41. The minimum Gasteiger partial charge on any atom is -0.335 e. The highest BCUT2D eigenvalue weighted by Crippen LogP contribution is 2.30. The Kier molecular flexibility index (Phi) is 5.38. The monoisotopic (exact) mass is 329 g/mol. The normalized spacial score (nSPS) is 19.4. The molecule has 3 N–H and O–H groups in total. The third-order valence-electron chi connectivity index (χ3n) is 4.91. The van der Waals surface area contributed by atoms with Crippen LogP contribution in [0.1, 0.15) is 63.5 Å². The van der Waals surface area contributed by atoms with E-state index in [0.29, 0.717) is 6.04 Å². The standard InChI is InChI=1S/C19H27N3O2/c1-13(20-19(24)22-16-5-3-2-4-6-16)14-9-11-17(12-10-14)21-18(23)15-7-8-15/h9-13,15-16H,2-8H2,1H3,(H,21,23)(H2,20,22,24)/t13-/m1/s1. The number of rotatable bonds is 5. The quantitative estimate of drug-likeness (QED) is 0.770. The lowest BCUT2D eigenvalue weighted by Crippen LogP contribution is -2.43.